The van der Waals surface area contributed by atoms with Gasteiger partial charge in [0.05, 0.1) is 31.3 Å². The molecule has 324 valence electrons. The summed E-state index contributed by atoms with van der Waals surface area (Å²) in [5.41, 5.74) is 0. The molecular weight excluding hydrogens is 679 g/mol. The molecule has 0 rings (SSSR count). The Morgan fingerprint density at radius 1 is 0.455 bits per heavy atom. The lowest BCUT2D eigenvalue weighted by atomic mass is 10.0. The van der Waals surface area contributed by atoms with E-state index >= 15 is 0 Å². The van der Waals surface area contributed by atoms with Crippen molar-refractivity contribution in [1.82, 2.24) is 5.32 Å². The normalized spacial score (nSPS) is 13.8. The first-order valence-corrected chi connectivity index (χ1v) is 24.3. The van der Waals surface area contributed by atoms with Gasteiger partial charge in [-0.15, -0.1) is 0 Å². The first-order valence-electron chi connectivity index (χ1n) is 24.3. The van der Waals surface area contributed by atoms with Crippen molar-refractivity contribution >= 4 is 5.91 Å². The number of aliphatic hydroxyl groups is 3. The number of hydrogen-bond donors (Lipinski definition) is 4. The summed E-state index contributed by atoms with van der Waals surface area (Å²) in [6, 6.07) is -0.765. The molecule has 0 aliphatic carbocycles. The molecular formula is C50H95NO4. The van der Waals surface area contributed by atoms with E-state index in [0.29, 0.717) is 6.42 Å². The first kappa shape index (κ1) is 53.6. The molecule has 0 bridgehead atoms. The van der Waals surface area contributed by atoms with Crippen molar-refractivity contribution in [2.24, 2.45) is 0 Å². The molecule has 0 spiro atoms. The fourth-order valence-corrected chi connectivity index (χ4v) is 7.43. The number of aliphatic hydroxyl groups excluding tert-OH is 3. The van der Waals surface area contributed by atoms with Crippen molar-refractivity contribution in [3.05, 3.63) is 36.5 Å². The van der Waals surface area contributed by atoms with E-state index in [1.807, 2.05) is 6.08 Å². The number of hydrogen-bond acceptors (Lipinski definition) is 4. The topological polar surface area (TPSA) is 89.8 Å². The van der Waals surface area contributed by atoms with Gasteiger partial charge in [0, 0.05) is 0 Å². The van der Waals surface area contributed by atoms with E-state index in [0.717, 1.165) is 38.5 Å². The SMILES string of the molecule is CCCCCCCCCCCCCCC/C=C/CC/C=C/CC/C=C/C(O)C(CO)NC(=O)CC(O)CCCCCCCCCCCCCCCCCCC. The zero-order valence-corrected chi connectivity index (χ0v) is 36.8. The zero-order chi connectivity index (χ0) is 40.1. The fourth-order valence-electron chi connectivity index (χ4n) is 7.43. The predicted octanol–water partition coefficient (Wildman–Crippen LogP) is 14.3. The maximum absolute atomic E-state index is 12.5. The lowest BCUT2D eigenvalue weighted by Gasteiger charge is -2.21. The summed E-state index contributed by atoms with van der Waals surface area (Å²) in [7, 11) is 0. The molecule has 55 heavy (non-hydrogen) atoms. The second-order valence-electron chi connectivity index (χ2n) is 16.7. The van der Waals surface area contributed by atoms with E-state index in [4.69, 9.17) is 0 Å². The summed E-state index contributed by atoms with van der Waals surface area (Å²) in [4.78, 5) is 12.5. The van der Waals surface area contributed by atoms with Crippen LogP contribution in [0, 0.1) is 0 Å². The third-order valence-electron chi connectivity index (χ3n) is 11.2. The molecule has 0 aliphatic heterocycles. The highest BCUT2D eigenvalue weighted by atomic mass is 16.3. The van der Waals surface area contributed by atoms with Crippen molar-refractivity contribution in [2.75, 3.05) is 6.61 Å². The first-order chi connectivity index (χ1) is 27.0. The van der Waals surface area contributed by atoms with Crippen LogP contribution in [0.3, 0.4) is 0 Å². The van der Waals surface area contributed by atoms with E-state index in [1.54, 1.807) is 6.08 Å². The van der Waals surface area contributed by atoms with Crippen molar-refractivity contribution < 1.29 is 20.1 Å². The molecule has 0 heterocycles. The van der Waals surface area contributed by atoms with Gasteiger partial charge in [0.1, 0.15) is 0 Å². The lowest BCUT2D eigenvalue weighted by molar-refractivity contribution is -0.124. The van der Waals surface area contributed by atoms with Gasteiger partial charge in [-0.2, -0.15) is 0 Å². The molecule has 3 unspecified atom stereocenters. The van der Waals surface area contributed by atoms with Crippen LogP contribution >= 0.6 is 0 Å². The molecule has 0 saturated carbocycles. The summed E-state index contributed by atoms with van der Waals surface area (Å²) in [5, 5.41) is 33.3. The number of rotatable bonds is 44. The van der Waals surface area contributed by atoms with Gasteiger partial charge >= 0.3 is 0 Å². The summed E-state index contributed by atoms with van der Waals surface area (Å²) in [6.07, 6.45) is 57.3. The average Bonchev–Trinajstić information content (AvgIpc) is 3.18. The van der Waals surface area contributed by atoms with Crippen LogP contribution in [-0.4, -0.2) is 46.1 Å². The van der Waals surface area contributed by atoms with Gasteiger partial charge in [-0.05, 0) is 44.9 Å². The van der Waals surface area contributed by atoms with Crippen LogP contribution in [0.15, 0.2) is 36.5 Å². The standard InChI is InChI=1S/C50H95NO4/c1-3-5-7-9-11-13-15-17-19-21-22-23-24-25-26-28-30-32-34-36-38-40-42-44-49(54)48(46-52)51-50(55)45-47(53)43-41-39-37-35-33-31-29-27-20-18-16-14-12-10-8-6-4-2/h26,28,34,36,42,44,47-49,52-54H,3-25,27,29-33,35,37-41,43,45-46H2,1-2H3,(H,51,55)/b28-26+,36-34+,44-42+. The van der Waals surface area contributed by atoms with Crippen LogP contribution < -0.4 is 5.32 Å². The highest BCUT2D eigenvalue weighted by molar-refractivity contribution is 5.76. The molecule has 0 fully saturated rings. The lowest BCUT2D eigenvalue weighted by Crippen LogP contribution is -2.45. The number of carbonyl (C=O) groups excluding carboxylic acids is 1. The van der Waals surface area contributed by atoms with Crippen LogP contribution in [0.1, 0.15) is 251 Å². The largest absolute Gasteiger partial charge is 0.394 e. The average molecular weight is 774 g/mol. The van der Waals surface area contributed by atoms with Gasteiger partial charge in [-0.3, -0.25) is 4.79 Å². The Balaban J connectivity index is 3.69. The van der Waals surface area contributed by atoms with Crippen molar-refractivity contribution in [3.63, 3.8) is 0 Å². The maximum Gasteiger partial charge on any atom is 0.222 e. The molecule has 0 aliphatic rings. The van der Waals surface area contributed by atoms with Crippen LogP contribution in [0.4, 0.5) is 0 Å². The molecule has 3 atom stereocenters. The highest BCUT2D eigenvalue weighted by Crippen LogP contribution is 2.16. The van der Waals surface area contributed by atoms with E-state index < -0.39 is 18.2 Å². The Kier molecular flexibility index (Phi) is 44.1. The van der Waals surface area contributed by atoms with Gasteiger partial charge in [0.25, 0.3) is 0 Å². The number of nitrogens with one attached hydrogen (secondary N) is 1. The molecule has 0 aromatic heterocycles. The van der Waals surface area contributed by atoms with E-state index in [2.05, 4.69) is 43.5 Å². The number of amides is 1. The second kappa shape index (κ2) is 45.3. The third kappa shape index (κ3) is 42.0. The third-order valence-corrected chi connectivity index (χ3v) is 11.2. The molecule has 1 amide bonds. The van der Waals surface area contributed by atoms with Gasteiger partial charge in [0.15, 0.2) is 0 Å². The smallest absolute Gasteiger partial charge is 0.222 e. The Hall–Kier alpha value is -1.43. The molecule has 0 saturated heterocycles. The van der Waals surface area contributed by atoms with Crippen molar-refractivity contribution in [3.8, 4) is 0 Å². The highest BCUT2D eigenvalue weighted by Gasteiger charge is 2.20. The van der Waals surface area contributed by atoms with Gasteiger partial charge < -0.3 is 20.6 Å². The van der Waals surface area contributed by atoms with Crippen molar-refractivity contribution in [1.29, 1.82) is 0 Å². The van der Waals surface area contributed by atoms with Crippen LogP contribution in [0.2, 0.25) is 0 Å². The minimum atomic E-state index is -0.958. The summed E-state index contributed by atoms with van der Waals surface area (Å²) < 4.78 is 0. The predicted molar refractivity (Wildman–Crippen MR) is 241 cm³/mol. The molecule has 0 radical (unpaired) electrons. The van der Waals surface area contributed by atoms with Crippen LogP contribution in [-0.2, 0) is 4.79 Å². The summed E-state index contributed by atoms with van der Waals surface area (Å²) >= 11 is 0. The summed E-state index contributed by atoms with van der Waals surface area (Å²) in [5.74, 6) is -0.327. The monoisotopic (exact) mass is 774 g/mol. The maximum atomic E-state index is 12.5. The van der Waals surface area contributed by atoms with E-state index in [-0.39, 0.29) is 18.9 Å². The Morgan fingerprint density at radius 2 is 0.782 bits per heavy atom. The fraction of sp³-hybridized carbons (Fsp3) is 0.860. The molecule has 4 N–H and O–H groups in total. The number of allylic oxidation sites excluding steroid dienone is 5. The van der Waals surface area contributed by atoms with Crippen LogP contribution in [0.5, 0.6) is 0 Å². The second-order valence-corrected chi connectivity index (χ2v) is 16.7. The quantitative estimate of drug-likeness (QED) is 0.0367. The van der Waals surface area contributed by atoms with Crippen LogP contribution in [0.25, 0.3) is 0 Å². The Labute approximate surface area is 343 Å². The molecule has 0 aromatic rings. The summed E-state index contributed by atoms with van der Waals surface area (Å²) in [6.45, 7) is 4.22. The minimum Gasteiger partial charge on any atom is -0.394 e. The van der Waals surface area contributed by atoms with Crippen molar-refractivity contribution in [2.45, 2.75) is 270 Å². The number of unbranched alkanes of at least 4 members (excludes halogenated alkanes) is 31. The van der Waals surface area contributed by atoms with E-state index in [9.17, 15) is 20.1 Å². The Morgan fingerprint density at radius 3 is 1.16 bits per heavy atom. The van der Waals surface area contributed by atoms with Gasteiger partial charge in [-0.1, -0.05) is 237 Å². The molecule has 0 aromatic carbocycles. The molecule has 5 nitrogen and oxygen atoms in total. The Bertz CT molecular complexity index is 855. The van der Waals surface area contributed by atoms with Gasteiger partial charge in [0.2, 0.25) is 5.91 Å². The van der Waals surface area contributed by atoms with E-state index in [1.165, 1.54) is 186 Å². The number of carbonyl (C=O) groups is 1. The molecule has 5 heteroatoms. The zero-order valence-electron chi connectivity index (χ0n) is 36.8. The minimum absolute atomic E-state index is 0.00517. The van der Waals surface area contributed by atoms with Gasteiger partial charge in [-0.25, -0.2) is 0 Å².